The highest BCUT2D eigenvalue weighted by atomic mass is 19.2. The van der Waals surface area contributed by atoms with Gasteiger partial charge in [0.25, 0.3) is 0 Å². The van der Waals surface area contributed by atoms with Gasteiger partial charge in [0.15, 0.2) is 11.6 Å². The van der Waals surface area contributed by atoms with E-state index in [-0.39, 0.29) is 0 Å². The maximum absolute atomic E-state index is 13.3. The number of fused-ring (bicyclic) bond motifs is 1. The largest absolute Gasteiger partial charge is 0.356 e. The van der Waals surface area contributed by atoms with Gasteiger partial charge in [0.1, 0.15) is 11.6 Å². The van der Waals surface area contributed by atoms with E-state index in [1.807, 2.05) is 6.07 Å². The molecule has 1 fully saturated rings. The standard InChI is InChI=1S/C19H23F2N7/c1-28(12-3-2-6-22-7-4-12)18-5-8-23-19(27-18)24-11-17-25-15-9-13(20)14(21)10-16(15)26-17/h5,8-10,12,22H,2-4,6-7,11H2,1H3,(H,25,26)(H,23,24,27). The Morgan fingerprint density at radius 1 is 1.18 bits per heavy atom. The van der Waals surface area contributed by atoms with Crippen LogP contribution in [0.1, 0.15) is 25.1 Å². The van der Waals surface area contributed by atoms with Crippen LogP contribution in [0.4, 0.5) is 20.5 Å². The zero-order valence-corrected chi connectivity index (χ0v) is 15.7. The lowest BCUT2D eigenvalue weighted by Gasteiger charge is -2.28. The number of benzene rings is 1. The van der Waals surface area contributed by atoms with Crippen LogP contribution in [0.25, 0.3) is 11.0 Å². The van der Waals surface area contributed by atoms with Gasteiger partial charge in [0, 0.05) is 31.4 Å². The van der Waals surface area contributed by atoms with Crippen molar-refractivity contribution in [2.75, 3.05) is 30.4 Å². The topological polar surface area (TPSA) is 81.8 Å². The minimum absolute atomic E-state index is 0.318. The summed E-state index contributed by atoms with van der Waals surface area (Å²) >= 11 is 0. The summed E-state index contributed by atoms with van der Waals surface area (Å²) in [7, 11) is 2.06. The van der Waals surface area contributed by atoms with Crippen molar-refractivity contribution in [2.45, 2.75) is 31.8 Å². The zero-order valence-electron chi connectivity index (χ0n) is 15.7. The van der Waals surface area contributed by atoms with E-state index in [0.29, 0.717) is 35.4 Å². The van der Waals surface area contributed by atoms with Crippen LogP contribution in [-0.2, 0) is 6.54 Å². The van der Waals surface area contributed by atoms with Gasteiger partial charge in [-0.2, -0.15) is 4.98 Å². The molecule has 0 aliphatic carbocycles. The molecule has 0 saturated carbocycles. The summed E-state index contributed by atoms with van der Waals surface area (Å²) in [5.74, 6) is 0.0824. The van der Waals surface area contributed by atoms with Gasteiger partial charge in [-0.15, -0.1) is 0 Å². The highest BCUT2D eigenvalue weighted by molar-refractivity contribution is 5.75. The molecule has 4 rings (SSSR count). The molecule has 0 radical (unpaired) electrons. The van der Waals surface area contributed by atoms with E-state index in [2.05, 4.69) is 42.5 Å². The highest BCUT2D eigenvalue weighted by Crippen LogP contribution is 2.20. The van der Waals surface area contributed by atoms with Crippen molar-refractivity contribution in [2.24, 2.45) is 0 Å². The average molecular weight is 387 g/mol. The summed E-state index contributed by atoms with van der Waals surface area (Å²) in [5.41, 5.74) is 0.833. The van der Waals surface area contributed by atoms with E-state index >= 15 is 0 Å². The number of halogens is 2. The summed E-state index contributed by atoms with van der Waals surface area (Å²) in [4.78, 5) is 18.3. The number of anilines is 2. The number of hydrogen-bond acceptors (Lipinski definition) is 6. The maximum atomic E-state index is 13.3. The van der Waals surface area contributed by atoms with E-state index in [9.17, 15) is 8.78 Å². The highest BCUT2D eigenvalue weighted by Gasteiger charge is 2.18. The molecule has 28 heavy (non-hydrogen) atoms. The predicted octanol–water partition coefficient (Wildman–Crippen LogP) is 2.82. The molecular weight excluding hydrogens is 364 g/mol. The van der Waals surface area contributed by atoms with E-state index in [1.165, 1.54) is 0 Å². The Labute approximate surface area is 161 Å². The van der Waals surface area contributed by atoms with Crippen molar-refractivity contribution in [1.82, 2.24) is 25.3 Å². The van der Waals surface area contributed by atoms with Crippen LogP contribution in [0, 0.1) is 11.6 Å². The molecule has 1 saturated heterocycles. The molecule has 9 heteroatoms. The Bertz CT molecular complexity index is 912. The molecule has 148 valence electrons. The number of H-pyrrole nitrogens is 1. The fourth-order valence-corrected chi connectivity index (χ4v) is 3.51. The number of aromatic nitrogens is 4. The molecular formula is C19H23F2N7. The van der Waals surface area contributed by atoms with Crippen molar-refractivity contribution in [3.63, 3.8) is 0 Å². The summed E-state index contributed by atoms with van der Waals surface area (Å²) in [5, 5.41) is 6.54. The van der Waals surface area contributed by atoms with Crippen molar-refractivity contribution < 1.29 is 8.78 Å². The second kappa shape index (κ2) is 8.05. The molecule has 3 N–H and O–H groups in total. The van der Waals surface area contributed by atoms with Gasteiger partial charge in [-0.25, -0.2) is 18.7 Å². The fraction of sp³-hybridized carbons (Fsp3) is 0.421. The maximum Gasteiger partial charge on any atom is 0.224 e. The van der Waals surface area contributed by atoms with Crippen LogP contribution in [0.3, 0.4) is 0 Å². The van der Waals surface area contributed by atoms with Crippen LogP contribution in [0.2, 0.25) is 0 Å². The molecule has 1 aliphatic rings. The number of rotatable bonds is 5. The molecule has 0 bridgehead atoms. The fourth-order valence-electron chi connectivity index (χ4n) is 3.51. The monoisotopic (exact) mass is 387 g/mol. The Morgan fingerprint density at radius 3 is 2.93 bits per heavy atom. The van der Waals surface area contributed by atoms with Crippen molar-refractivity contribution in [1.29, 1.82) is 0 Å². The lowest BCUT2D eigenvalue weighted by atomic mass is 10.1. The molecule has 3 heterocycles. The molecule has 3 aromatic rings. The number of aromatic amines is 1. The first-order chi connectivity index (χ1) is 13.6. The van der Waals surface area contributed by atoms with Crippen molar-refractivity contribution in [3.8, 4) is 0 Å². The zero-order chi connectivity index (χ0) is 19.5. The first kappa shape index (κ1) is 18.5. The van der Waals surface area contributed by atoms with Crippen molar-refractivity contribution in [3.05, 3.63) is 41.9 Å². The Balaban J connectivity index is 1.44. The van der Waals surface area contributed by atoms with Gasteiger partial charge in [0.2, 0.25) is 5.95 Å². The van der Waals surface area contributed by atoms with E-state index < -0.39 is 11.6 Å². The summed E-state index contributed by atoms with van der Waals surface area (Å²) in [6.45, 7) is 2.39. The van der Waals surface area contributed by atoms with Crippen molar-refractivity contribution >= 4 is 22.8 Å². The summed E-state index contributed by atoms with van der Waals surface area (Å²) in [6, 6.07) is 4.53. The molecule has 0 spiro atoms. The van der Waals surface area contributed by atoms with E-state index in [1.54, 1.807) is 6.20 Å². The second-order valence-electron chi connectivity index (χ2n) is 7.00. The molecule has 1 aromatic carbocycles. The Kier molecular flexibility index (Phi) is 5.34. The van der Waals surface area contributed by atoms with Crippen LogP contribution >= 0.6 is 0 Å². The molecule has 7 nitrogen and oxygen atoms in total. The van der Waals surface area contributed by atoms with Crippen LogP contribution in [0.5, 0.6) is 0 Å². The third-order valence-corrected chi connectivity index (χ3v) is 5.08. The van der Waals surface area contributed by atoms with Gasteiger partial charge in [-0.1, -0.05) is 0 Å². The third-order valence-electron chi connectivity index (χ3n) is 5.08. The SMILES string of the molecule is CN(c1ccnc(NCc2nc3cc(F)c(F)cc3[nH]2)n1)C1CCCNCC1. The molecule has 1 aliphatic heterocycles. The van der Waals surface area contributed by atoms with Gasteiger partial charge in [-0.05, 0) is 38.4 Å². The Morgan fingerprint density at radius 2 is 2.04 bits per heavy atom. The van der Waals surface area contributed by atoms with Gasteiger partial charge < -0.3 is 20.5 Å². The first-order valence-electron chi connectivity index (χ1n) is 9.44. The van der Waals surface area contributed by atoms with Crippen LogP contribution in [-0.4, -0.2) is 46.1 Å². The molecule has 0 amide bonds. The summed E-state index contributed by atoms with van der Waals surface area (Å²) in [6.07, 6.45) is 5.08. The minimum Gasteiger partial charge on any atom is -0.356 e. The minimum atomic E-state index is -0.911. The van der Waals surface area contributed by atoms with E-state index in [4.69, 9.17) is 0 Å². The number of imidazole rings is 1. The molecule has 1 atom stereocenters. The Hall–Kier alpha value is -2.81. The number of nitrogens with one attached hydrogen (secondary N) is 3. The van der Waals surface area contributed by atoms with Gasteiger partial charge in [-0.3, -0.25) is 0 Å². The smallest absolute Gasteiger partial charge is 0.224 e. The average Bonchev–Trinajstić information content (AvgIpc) is 2.90. The first-order valence-corrected chi connectivity index (χ1v) is 9.44. The third kappa shape index (κ3) is 4.04. The van der Waals surface area contributed by atoms with Crippen LogP contribution < -0.4 is 15.5 Å². The number of nitrogens with zero attached hydrogens (tertiary/aromatic N) is 4. The molecule has 1 unspecified atom stereocenters. The van der Waals surface area contributed by atoms with Crippen LogP contribution in [0.15, 0.2) is 24.4 Å². The second-order valence-corrected chi connectivity index (χ2v) is 7.00. The lowest BCUT2D eigenvalue weighted by molar-refractivity contribution is 0.510. The number of hydrogen-bond donors (Lipinski definition) is 3. The molecule has 2 aromatic heterocycles. The quantitative estimate of drug-likeness (QED) is 0.625. The van der Waals surface area contributed by atoms with Gasteiger partial charge in [0.05, 0.1) is 17.6 Å². The van der Waals surface area contributed by atoms with Gasteiger partial charge >= 0.3 is 0 Å². The summed E-state index contributed by atoms with van der Waals surface area (Å²) < 4.78 is 26.7. The normalized spacial score (nSPS) is 17.5. The predicted molar refractivity (Wildman–Crippen MR) is 104 cm³/mol. The van der Waals surface area contributed by atoms with E-state index in [0.717, 1.165) is 50.3 Å². The lowest BCUT2D eigenvalue weighted by Crippen LogP contribution is -2.33.